The summed E-state index contributed by atoms with van der Waals surface area (Å²) in [4.78, 5) is 14.1. The van der Waals surface area contributed by atoms with Gasteiger partial charge in [0.1, 0.15) is 11.5 Å². The molecule has 1 aliphatic rings. The normalized spacial score (nSPS) is 16.6. The quantitative estimate of drug-likeness (QED) is 0.682. The van der Waals surface area contributed by atoms with Crippen LogP contribution in [0.1, 0.15) is 17.8 Å². The van der Waals surface area contributed by atoms with Gasteiger partial charge in [-0.3, -0.25) is 4.79 Å². The number of carbonyl (C=O) groups is 1. The minimum Gasteiger partial charge on any atom is -0.497 e. The number of thiocarbonyl (C=S) groups is 1. The van der Waals surface area contributed by atoms with E-state index < -0.39 is 0 Å². The zero-order chi connectivity index (χ0) is 18.7. The van der Waals surface area contributed by atoms with Gasteiger partial charge in [0.05, 0.1) is 31.5 Å². The van der Waals surface area contributed by atoms with Gasteiger partial charge in [-0.15, -0.1) is 11.3 Å². The molecular formula is C18H19N3O3S2. The number of carbonyl (C=O) groups excluding carboxylic acids is 1. The van der Waals surface area contributed by atoms with Gasteiger partial charge in [0.2, 0.25) is 0 Å². The molecule has 3 rings (SSSR count). The Labute approximate surface area is 161 Å². The van der Waals surface area contributed by atoms with Crippen LogP contribution in [0.4, 0.5) is 5.69 Å². The average molecular weight is 390 g/mol. The van der Waals surface area contributed by atoms with E-state index in [4.69, 9.17) is 21.7 Å². The maximum Gasteiger partial charge on any atom is 0.255 e. The predicted molar refractivity (Wildman–Crippen MR) is 107 cm³/mol. The summed E-state index contributed by atoms with van der Waals surface area (Å²) in [5, 5.41) is 11.6. The first kappa shape index (κ1) is 18.2. The van der Waals surface area contributed by atoms with Crippen molar-refractivity contribution in [2.45, 2.75) is 13.0 Å². The van der Waals surface area contributed by atoms with E-state index in [0.29, 0.717) is 33.6 Å². The first-order valence-corrected chi connectivity index (χ1v) is 9.17. The van der Waals surface area contributed by atoms with Crippen LogP contribution in [0.25, 0.3) is 0 Å². The van der Waals surface area contributed by atoms with Crippen molar-refractivity contribution in [2.75, 3.05) is 19.5 Å². The van der Waals surface area contributed by atoms with Crippen LogP contribution in [0, 0.1) is 0 Å². The third kappa shape index (κ3) is 3.66. The fourth-order valence-electron chi connectivity index (χ4n) is 2.77. The maximum absolute atomic E-state index is 13.1. The molecule has 1 unspecified atom stereocenters. The summed E-state index contributed by atoms with van der Waals surface area (Å²) in [6.07, 6.45) is 0. The molecule has 2 heterocycles. The summed E-state index contributed by atoms with van der Waals surface area (Å²) in [6, 6.07) is 8.86. The van der Waals surface area contributed by atoms with Crippen LogP contribution in [-0.2, 0) is 4.79 Å². The molecule has 0 saturated heterocycles. The highest BCUT2D eigenvalue weighted by Crippen LogP contribution is 2.33. The third-order valence-electron chi connectivity index (χ3n) is 4.00. The van der Waals surface area contributed by atoms with Crippen LogP contribution in [0.15, 0.2) is 47.0 Å². The number of hydrogen-bond acceptors (Lipinski definition) is 5. The van der Waals surface area contributed by atoms with Crippen LogP contribution in [0.5, 0.6) is 11.5 Å². The van der Waals surface area contributed by atoms with E-state index in [0.717, 1.165) is 4.88 Å². The van der Waals surface area contributed by atoms with Crippen molar-refractivity contribution in [3.8, 4) is 11.5 Å². The van der Waals surface area contributed by atoms with E-state index >= 15 is 0 Å². The minimum atomic E-state index is -0.305. The lowest BCUT2D eigenvalue weighted by Crippen LogP contribution is -2.45. The first-order valence-electron chi connectivity index (χ1n) is 7.88. The van der Waals surface area contributed by atoms with Crippen LogP contribution in [0.2, 0.25) is 0 Å². The van der Waals surface area contributed by atoms with E-state index in [2.05, 4.69) is 16.0 Å². The highest BCUT2D eigenvalue weighted by Gasteiger charge is 2.30. The number of methoxy groups -OCH3 is 2. The molecule has 6 nitrogen and oxygen atoms in total. The smallest absolute Gasteiger partial charge is 0.255 e. The van der Waals surface area contributed by atoms with Gasteiger partial charge in [-0.1, -0.05) is 6.07 Å². The van der Waals surface area contributed by atoms with Crippen LogP contribution >= 0.6 is 23.6 Å². The lowest BCUT2D eigenvalue weighted by molar-refractivity contribution is -0.113. The number of nitrogens with one attached hydrogen (secondary N) is 3. The molecule has 1 aliphatic heterocycles. The van der Waals surface area contributed by atoms with Gasteiger partial charge in [-0.05, 0) is 42.7 Å². The molecule has 1 atom stereocenters. The van der Waals surface area contributed by atoms with Crippen molar-refractivity contribution in [2.24, 2.45) is 0 Å². The van der Waals surface area contributed by atoms with Gasteiger partial charge in [0.25, 0.3) is 5.91 Å². The predicted octanol–water partition coefficient (Wildman–Crippen LogP) is 3.20. The number of benzene rings is 1. The fraction of sp³-hybridized carbons (Fsp3) is 0.222. The molecule has 0 aliphatic carbocycles. The summed E-state index contributed by atoms with van der Waals surface area (Å²) >= 11 is 6.82. The van der Waals surface area contributed by atoms with E-state index in [1.54, 1.807) is 43.8 Å². The molecule has 1 aromatic heterocycles. The van der Waals surface area contributed by atoms with Crippen LogP contribution in [-0.4, -0.2) is 25.2 Å². The number of amides is 1. The number of anilines is 1. The Morgan fingerprint density at radius 3 is 2.73 bits per heavy atom. The molecule has 2 aromatic rings. The highest BCUT2D eigenvalue weighted by atomic mass is 32.1. The van der Waals surface area contributed by atoms with Crippen LogP contribution in [0.3, 0.4) is 0 Å². The summed E-state index contributed by atoms with van der Waals surface area (Å²) in [5.74, 6) is 0.940. The van der Waals surface area contributed by atoms with Crippen molar-refractivity contribution in [3.05, 3.63) is 51.9 Å². The molecule has 1 aromatic carbocycles. The number of ether oxygens (including phenoxy) is 2. The Kier molecular flexibility index (Phi) is 5.43. The second kappa shape index (κ2) is 7.76. The van der Waals surface area contributed by atoms with Crippen molar-refractivity contribution in [1.82, 2.24) is 10.6 Å². The van der Waals surface area contributed by atoms with Gasteiger partial charge in [0.15, 0.2) is 5.11 Å². The zero-order valence-corrected chi connectivity index (χ0v) is 16.2. The van der Waals surface area contributed by atoms with E-state index in [9.17, 15) is 4.79 Å². The third-order valence-corrected chi connectivity index (χ3v) is 5.15. The Hall–Kier alpha value is -2.58. The Balaban J connectivity index is 1.95. The highest BCUT2D eigenvalue weighted by molar-refractivity contribution is 7.80. The van der Waals surface area contributed by atoms with Gasteiger partial charge < -0.3 is 25.4 Å². The van der Waals surface area contributed by atoms with Crippen molar-refractivity contribution in [3.63, 3.8) is 0 Å². The lowest BCUT2D eigenvalue weighted by Gasteiger charge is -2.29. The van der Waals surface area contributed by atoms with Crippen molar-refractivity contribution in [1.29, 1.82) is 0 Å². The lowest BCUT2D eigenvalue weighted by atomic mass is 10.0. The number of allylic oxidation sites excluding steroid dienone is 1. The largest absolute Gasteiger partial charge is 0.497 e. The zero-order valence-electron chi connectivity index (χ0n) is 14.6. The molecule has 0 radical (unpaired) electrons. The standard InChI is InChI=1S/C18H19N3O3S2/c1-10-15(16(21-18(25)19-10)14-5-4-8-26-14)17(22)20-12-9-11(23-2)6-7-13(12)24-3/h4-9,16H,1-3H3,(H,20,22)(H2,19,21,25). The molecule has 0 saturated carbocycles. The van der Waals surface area contributed by atoms with E-state index in [1.165, 1.54) is 0 Å². The molecule has 0 bridgehead atoms. The van der Waals surface area contributed by atoms with Gasteiger partial charge in [-0.25, -0.2) is 0 Å². The summed E-state index contributed by atoms with van der Waals surface area (Å²) in [6.45, 7) is 1.84. The SMILES string of the molecule is COc1ccc(OC)c(NC(=O)C2=C(C)NC(=S)NC2c2cccs2)c1. The minimum absolute atomic E-state index is 0.241. The topological polar surface area (TPSA) is 71.6 Å². The Bertz CT molecular complexity index is 863. The van der Waals surface area contributed by atoms with Gasteiger partial charge in [0, 0.05) is 16.6 Å². The average Bonchev–Trinajstić information content (AvgIpc) is 3.15. The Morgan fingerprint density at radius 1 is 1.27 bits per heavy atom. The molecule has 0 fully saturated rings. The molecule has 1 amide bonds. The second-order valence-corrected chi connectivity index (χ2v) is 6.99. The van der Waals surface area contributed by atoms with E-state index in [-0.39, 0.29) is 11.9 Å². The number of rotatable bonds is 5. The molecular weight excluding hydrogens is 370 g/mol. The van der Waals surface area contributed by atoms with Gasteiger partial charge in [-0.2, -0.15) is 0 Å². The molecule has 26 heavy (non-hydrogen) atoms. The first-order chi connectivity index (χ1) is 12.5. The molecule has 136 valence electrons. The number of hydrogen-bond donors (Lipinski definition) is 3. The van der Waals surface area contributed by atoms with Crippen LogP contribution < -0.4 is 25.4 Å². The second-order valence-electron chi connectivity index (χ2n) is 5.61. The summed E-state index contributed by atoms with van der Waals surface area (Å²) < 4.78 is 10.6. The van der Waals surface area contributed by atoms with E-state index in [1.807, 2.05) is 24.4 Å². The Morgan fingerprint density at radius 2 is 2.08 bits per heavy atom. The monoisotopic (exact) mass is 389 g/mol. The molecule has 8 heteroatoms. The van der Waals surface area contributed by atoms with Crippen molar-refractivity contribution < 1.29 is 14.3 Å². The number of thiophene rings is 1. The molecule has 3 N–H and O–H groups in total. The molecule has 0 spiro atoms. The van der Waals surface area contributed by atoms with Gasteiger partial charge >= 0.3 is 0 Å². The maximum atomic E-state index is 13.1. The van der Waals surface area contributed by atoms with Crippen molar-refractivity contribution >= 4 is 40.3 Å². The summed E-state index contributed by atoms with van der Waals surface area (Å²) in [7, 11) is 3.13. The fourth-order valence-corrected chi connectivity index (χ4v) is 3.82. The summed E-state index contributed by atoms with van der Waals surface area (Å²) in [5.41, 5.74) is 1.83.